The van der Waals surface area contributed by atoms with Gasteiger partial charge in [-0.1, -0.05) is 35.9 Å². The van der Waals surface area contributed by atoms with Crippen molar-refractivity contribution in [3.05, 3.63) is 80.0 Å². The topological polar surface area (TPSA) is 81.2 Å². The molecule has 1 aromatic heterocycles. The molecule has 0 saturated heterocycles. The molecule has 0 aliphatic heterocycles. The van der Waals surface area contributed by atoms with Gasteiger partial charge < -0.3 is 9.72 Å². The van der Waals surface area contributed by atoms with Crippen molar-refractivity contribution < 1.29 is 9.53 Å². The Bertz CT molecular complexity index is 1040. The van der Waals surface area contributed by atoms with E-state index in [0.717, 1.165) is 4.57 Å². The van der Waals surface area contributed by atoms with E-state index in [4.69, 9.17) is 16.3 Å². The second-order valence-electron chi connectivity index (χ2n) is 5.36. The molecule has 0 bridgehead atoms. The van der Waals surface area contributed by atoms with Crippen LogP contribution in [0, 0.1) is 0 Å². The predicted octanol–water partition coefficient (Wildman–Crippen LogP) is 2.50. The Hall–Kier alpha value is -2.86. The van der Waals surface area contributed by atoms with Gasteiger partial charge in [0.15, 0.2) is 6.04 Å². The molecule has 0 radical (unpaired) electrons. The molecule has 1 heterocycles. The van der Waals surface area contributed by atoms with Crippen molar-refractivity contribution in [3.8, 4) is 0 Å². The van der Waals surface area contributed by atoms with Gasteiger partial charge in [0.05, 0.1) is 17.5 Å². The van der Waals surface area contributed by atoms with E-state index in [1.54, 1.807) is 55.5 Å². The monoisotopic (exact) mass is 358 g/mol. The lowest BCUT2D eigenvalue weighted by Crippen LogP contribution is -2.42. The minimum absolute atomic E-state index is 0.128. The fourth-order valence-electron chi connectivity index (χ4n) is 2.67. The van der Waals surface area contributed by atoms with E-state index in [9.17, 15) is 14.4 Å². The maximum absolute atomic E-state index is 12.8. The molecule has 0 saturated carbocycles. The van der Waals surface area contributed by atoms with Gasteiger partial charge >= 0.3 is 11.7 Å². The number of halogens is 1. The third-order valence-corrected chi connectivity index (χ3v) is 4.04. The van der Waals surface area contributed by atoms with Gasteiger partial charge in [-0.2, -0.15) is 0 Å². The average molecular weight is 359 g/mol. The Morgan fingerprint density at radius 3 is 2.52 bits per heavy atom. The number of rotatable bonds is 4. The lowest BCUT2D eigenvalue weighted by atomic mass is 10.1. The van der Waals surface area contributed by atoms with Crippen molar-refractivity contribution in [1.29, 1.82) is 0 Å². The van der Waals surface area contributed by atoms with Crippen LogP contribution in [-0.2, 0) is 9.53 Å². The number of aromatic nitrogens is 2. The lowest BCUT2D eigenvalue weighted by molar-refractivity contribution is -0.145. The summed E-state index contributed by atoms with van der Waals surface area (Å²) in [6, 6.07) is 11.8. The third kappa shape index (κ3) is 3.21. The summed E-state index contributed by atoms with van der Waals surface area (Å²) in [6.45, 7) is 1.79. The molecule has 0 amide bonds. The third-order valence-electron chi connectivity index (χ3n) is 3.79. The number of esters is 1. The first-order valence-electron chi connectivity index (χ1n) is 7.68. The van der Waals surface area contributed by atoms with Gasteiger partial charge in [-0.25, -0.2) is 14.2 Å². The highest BCUT2D eigenvalue weighted by Gasteiger charge is 2.28. The van der Waals surface area contributed by atoms with Crippen LogP contribution in [0.5, 0.6) is 0 Å². The van der Waals surface area contributed by atoms with Crippen molar-refractivity contribution in [3.63, 3.8) is 0 Å². The first kappa shape index (κ1) is 17.0. The molecule has 1 atom stereocenters. The summed E-state index contributed by atoms with van der Waals surface area (Å²) in [4.78, 5) is 40.5. The summed E-state index contributed by atoms with van der Waals surface area (Å²) in [6.07, 6.45) is 0. The number of carbonyl (C=O) groups is 1. The Labute approximate surface area is 147 Å². The van der Waals surface area contributed by atoms with Crippen LogP contribution in [0.2, 0.25) is 5.02 Å². The van der Waals surface area contributed by atoms with E-state index in [1.165, 1.54) is 0 Å². The highest BCUT2D eigenvalue weighted by molar-refractivity contribution is 6.30. The standard InChI is InChI=1S/C18H15ClN2O4/c1-2-25-17(23)15(11-7-9-12(19)10-8-11)21-16(22)13-5-3-4-6-14(13)20-18(21)24/h3-10,15H,2H2,1H3,(H,20,24). The normalized spacial score (nSPS) is 12.1. The molecule has 0 spiro atoms. The predicted molar refractivity (Wildman–Crippen MR) is 95.1 cm³/mol. The Morgan fingerprint density at radius 2 is 1.84 bits per heavy atom. The van der Waals surface area contributed by atoms with Gasteiger partial charge in [0.2, 0.25) is 0 Å². The van der Waals surface area contributed by atoms with E-state index in [0.29, 0.717) is 21.5 Å². The smallest absolute Gasteiger partial charge is 0.334 e. The number of para-hydroxylation sites is 1. The molecular formula is C18H15ClN2O4. The maximum atomic E-state index is 12.8. The van der Waals surface area contributed by atoms with Gasteiger partial charge in [-0.15, -0.1) is 0 Å². The highest BCUT2D eigenvalue weighted by Crippen LogP contribution is 2.20. The number of benzene rings is 2. The summed E-state index contributed by atoms with van der Waals surface area (Å²) in [5.41, 5.74) is -0.401. The average Bonchev–Trinajstić information content (AvgIpc) is 2.60. The summed E-state index contributed by atoms with van der Waals surface area (Å²) < 4.78 is 5.96. The number of aromatic amines is 1. The van der Waals surface area contributed by atoms with Crippen LogP contribution in [0.1, 0.15) is 18.5 Å². The zero-order valence-corrected chi connectivity index (χ0v) is 14.1. The zero-order valence-electron chi connectivity index (χ0n) is 13.4. The van der Waals surface area contributed by atoms with Crippen molar-refractivity contribution in [2.24, 2.45) is 0 Å². The molecule has 0 aliphatic rings. The minimum atomic E-state index is -1.20. The van der Waals surface area contributed by atoms with Crippen LogP contribution in [-0.4, -0.2) is 22.1 Å². The molecule has 6 nitrogen and oxygen atoms in total. The van der Waals surface area contributed by atoms with Crippen LogP contribution in [0.4, 0.5) is 0 Å². The highest BCUT2D eigenvalue weighted by atomic mass is 35.5. The molecule has 1 unspecified atom stereocenters. The van der Waals surface area contributed by atoms with Crippen LogP contribution in [0.3, 0.4) is 0 Å². The second-order valence-corrected chi connectivity index (χ2v) is 5.79. The molecule has 2 aromatic carbocycles. The number of nitrogens with zero attached hydrogens (tertiary/aromatic N) is 1. The first-order chi connectivity index (χ1) is 12.0. The first-order valence-corrected chi connectivity index (χ1v) is 8.06. The number of hydrogen-bond acceptors (Lipinski definition) is 4. The van der Waals surface area contributed by atoms with Crippen molar-refractivity contribution >= 4 is 28.5 Å². The van der Waals surface area contributed by atoms with E-state index in [1.807, 2.05) is 0 Å². The van der Waals surface area contributed by atoms with Crippen molar-refractivity contribution in [1.82, 2.24) is 9.55 Å². The van der Waals surface area contributed by atoms with E-state index in [2.05, 4.69) is 4.98 Å². The number of ether oxygens (including phenoxy) is 1. The Balaban J connectivity index is 2.28. The van der Waals surface area contributed by atoms with Crippen LogP contribution >= 0.6 is 11.6 Å². The molecule has 128 valence electrons. The maximum Gasteiger partial charge on any atom is 0.334 e. The molecule has 3 aromatic rings. The molecule has 7 heteroatoms. The summed E-state index contributed by atoms with van der Waals surface area (Å²) >= 11 is 5.89. The van der Waals surface area contributed by atoms with Gasteiger partial charge in [0, 0.05) is 5.02 Å². The number of carbonyl (C=O) groups excluding carboxylic acids is 1. The molecule has 3 rings (SSSR count). The summed E-state index contributed by atoms with van der Waals surface area (Å²) in [5, 5.41) is 0.788. The van der Waals surface area contributed by atoms with Crippen LogP contribution in [0.25, 0.3) is 10.9 Å². The van der Waals surface area contributed by atoms with Crippen molar-refractivity contribution in [2.75, 3.05) is 6.61 Å². The van der Waals surface area contributed by atoms with E-state index < -0.39 is 23.3 Å². The SMILES string of the molecule is CCOC(=O)C(c1ccc(Cl)cc1)n1c(=O)[nH]c2ccccc2c1=O. The zero-order chi connectivity index (χ0) is 18.0. The van der Waals surface area contributed by atoms with Gasteiger partial charge in [-0.3, -0.25) is 4.79 Å². The molecular weight excluding hydrogens is 344 g/mol. The second kappa shape index (κ2) is 6.94. The fraction of sp³-hybridized carbons (Fsp3) is 0.167. The number of H-pyrrole nitrogens is 1. The lowest BCUT2D eigenvalue weighted by Gasteiger charge is -2.18. The van der Waals surface area contributed by atoms with E-state index >= 15 is 0 Å². The van der Waals surface area contributed by atoms with Crippen LogP contribution < -0.4 is 11.2 Å². The largest absolute Gasteiger partial charge is 0.464 e. The minimum Gasteiger partial charge on any atom is -0.464 e. The Kier molecular flexibility index (Phi) is 4.72. The molecule has 1 N–H and O–H groups in total. The number of nitrogens with one attached hydrogen (secondary N) is 1. The fourth-order valence-corrected chi connectivity index (χ4v) is 2.79. The quantitative estimate of drug-likeness (QED) is 0.726. The van der Waals surface area contributed by atoms with Gasteiger partial charge in [-0.05, 0) is 36.8 Å². The number of fused-ring (bicyclic) bond motifs is 1. The van der Waals surface area contributed by atoms with Gasteiger partial charge in [0.25, 0.3) is 5.56 Å². The molecule has 0 fully saturated rings. The summed E-state index contributed by atoms with van der Waals surface area (Å²) in [7, 11) is 0. The number of hydrogen-bond donors (Lipinski definition) is 1. The van der Waals surface area contributed by atoms with Crippen molar-refractivity contribution in [2.45, 2.75) is 13.0 Å². The molecule has 25 heavy (non-hydrogen) atoms. The summed E-state index contributed by atoms with van der Waals surface area (Å²) in [5.74, 6) is -0.687. The molecule has 0 aliphatic carbocycles. The van der Waals surface area contributed by atoms with Gasteiger partial charge in [0.1, 0.15) is 0 Å². The van der Waals surface area contributed by atoms with Crippen LogP contribution in [0.15, 0.2) is 58.1 Å². The Morgan fingerprint density at radius 1 is 1.16 bits per heavy atom. The van der Waals surface area contributed by atoms with E-state index in [-0.39, 0.29) is 6.61 Å².